The van der Waals surface area contributed by atoms with Crippen LogP contribution in [0.1, 0.15) is 52.4 Å². The zero-order valence-electron chi connectivity index (χ0n) is 9.21. The first kappa shape index (κ1) is 10.0. The normalized spacial score (nSPS) is 37.9. The minimum absolute atomic E-state index is 0.0213. The molecule has 0 aromatic rings. The van der Waals surface area contributed by atoms with Crippen molar-refractivity contribution in [3.63, 3.8) is 0 Å². The second kappa shape index (κ2) is 3.56. The minimum atomic E-state index is -0.0392. The molecule has 0 radical (unpaired) electrons. The Morgan fingerprint density at radius 3 is 2.36 bits per heavy atom. The Kier molecular flexibility index (Phi) is 2.54. The van der Waals surface area contributed by atoms with E-state index in [1.54, 1.807) is 0 Å². The van der Waals surface area contributed by atoms with E-state index in [-0.39, 0.29) is 11.6 Å². The molecule has 14 heavy (non-hydrogen) atoms. The van der Waals surface area contributed by atoms with Crippen molar-refractivity contribution < 1.29 is 9.53 Å². The van der Waals surface area contributed by atoms with Crippen molar-refractivity contribution in [1.29, 1.82) is 0 Å². The van der Waals surface area contributed by atoms with Crippen molar-refractivity contribution in [3.8, 4) is 0 Å². The van der Waals surface area contributed by atoms with Crippen LogP contribution in [-0.4, -0.2) is 11.6 Å². The summed E-state index contributed by atoms with van der Waals surface area (Å²) in [6.07, 6.45) is 6.29. The first-order valence-corrected chi connectivity index (χ1v) is 5.83. The third-order valence-electron chi connectivity index (χ3n) is 4.00. The highest BCUT2D eigenvalue weighted by molar-refractivity contribution is 5.72. The summed E-state index contributed by atoms with van der Waals surface area (Å²) in [7, 11) is 0. The van der Waals surface area contributed by atoms with Crippen LogP contribution in [0.3, 0.4) is 0 Å². The van der Waals surface area contributed by atoms with Gasteiger partial charge in [-0.3, -0.25) is 4.79 Å². The van der Waals surface area contributed by atoms with E-state index in [9.17, 15) is 4.79 Å². The Bertz CT molecular complexity index is 224. The average Bonchev–Trinajstić information content (AvgIpc) is 2.48. The quantitative estimate of drug-likeness (QED) is 0.603. The van der Waals surface area contributed by atoms with Crippen LogP contribution in [0, 0.1) is 11.8 Å². The lowest BCUT2D eigenvalue weighted by Gasteiger charge is -2.37. The van der Waals surface area contributed by atoms with E-state index in [1.807, 2.05) is 0 Å². The number of hydrogen-bond donors (Lipinski definition) is 0. The zero-order chi connectivity index (χ0) is 10.2. The molecule has 0 aromatic carbocycles. The van der Waals surface area contributed by atoms with Crippen molar-refractivity contribution in [1.82, 2.24) is 0 Å². The van der Waals surface area contributed by atoms with Gasteiger partial charge in [0.2, 0.25) is 0 Å². The number of hydrogen-bond acceptors (Lipinski definition) is 2. The Hall–Kier alpha value is -0.530. The first-order valence-electron chi connectivity index (χ1n) is 5.83. The van der Waals surface area contributed by atoms with Crippen LogP contribution in [0.25, 0.3) is 0 Å². The van der Waals surface area contributed by atoms with Crippen molar-refractivity contribution in [3.05, 3.63) is 0 Å². The molecule has 1 aliphatic heterocycles. The van der Waals surface area contributed by atoms with E-state index >= 15 is 0 Å². The van der Waals surface area contributed by atoms with Gasteiger partial charge in [0.05, 0.1) is 0 Å². The second-order valence-electron chi connectivity index (χ2n) is 5.24. The van der Waals surface area contributed by atoms with Gasteiger partial charge in [0.25, 0.3) is 0 Å². The molecular weight excluding hydrogens is 176 g/mol. The average molecular weight is 196 g/mol. The summed E-state index contributed by atoms with van der Waals surface area (Å²) < 4.78 is 5.48. The molecule has 0 N–H and O–H groups in total. The topological polar surface area (TPSA) is 26.3 Å². The predicted molar refractivity (Wildman–Crippen MR) is 54.9 cm³/mol. The predicted octanol–water partition coefficient (Wildman–Crippen LogP) is 2.91. The zero-order valence-corrected chi connectivity index (χ0v) is 9.21. The molecule has 0 amide bonds. The van der Waals surface area contributed by atoms with E-state index in [2.05, 4.69) is 13.8 Å². The number of carbonyl (C=O) groups is 1. The highest BCUT2D eigenvalue weighted by Gasteiger charge is 2.43. The minimum Gasteiger partial charge on any atom is -0.459 e. The van der Waals surface area contributed by atoms with Crippen LogP contribution >= 0.6 is 0 Å². The fraction of sp³-hybridized carbons (Fsp3) is 0.917. The Morgan fingerprint density at radius 2 is 1.93 bits per heavy atom. The van der Waals surface area contributed by atoms with Crippen LogP contribution in [0.5, 0.6) is 0 Å². The molecule has 0 unspecified atom stereocenters. The Labute approximate surface area is 86.0 Å². The smallest absolute Gasteiger partial charge is 0.306 e. The van der Waals surface area contributed by atoms with Crippen LogP contribution in [0.2, 0.25) is 0 Å². The van der Waals surface area contributed by atoms with E-state index in [1.165, 1.54) is 12.8 Å². The van der Waals surface area contributed by atoms with Gasteiger partial charge >= 0.3 is 5.97 Å². The lowest BCUT2D eigenvalue weighted by molar-refractivity contribution is -0.151. The number of esters is 1. The summed E-state index contributed by atoms with van der Waals surface area (Å²) in [6, 6.07) is 0. The third kappa shape index (κ3) is 1.79. The Morgan fingerprint density at radius 1 is 1.29 bits per heavy atom. The first-order chi connectivity index (χ1) is 6.61. The van der Waals surface area contributed by atoms with Gasteiger partial charge in [-0.1, -0.05) is 13.8 Å². The van der Waals surface area contributed by atoms with Crippen molar-refractivity contribution in [2.75, 3.05) is 0 Å². The van der Waals surface area contributed by atoms with Gasteiger partial charge in [-0.25, -0.2) is 0 Å². The molecule has 1 heterocycles. The molecule has 1 saturated heterocycles. The largest absolute Gasteiger partial charge is 0.459 e. The van der Waals surface area contributed by atoms with Gasteiger partial charge in [-0.15, -0.1) is 0 Å². The van der Waals surface area contributed by atoms with Gasteiger partial charge in [-0.05, 0) is 43.9 Å². The molecule has 1 saturated carbocycles. The number of ether oxygens (including phenoxy) is 1. The van der Waals surface area contributed by atoms with Gasteiger partial charge in [0.15, 0.2) is 0 Å². The standard InChI is InChI=1S/C12H20O2/c1-9(2)10-3-6-12(7-4-10)8-5-11(13)14-12/h9-10H,3-8H2,1-2H3/t10-,12+. The van der Waals surface area contributed by atoms with Crippen molar-refractivity contribution in [2.45, 2.75) is 58.0 Å². The number of carbonyl (C=O) groups excluding carboxylic acids is 1. The SMILES string of the molecule is CC(C)[C@H]1CC[C@]2(CCC(=O)O2)CC1. The summed E-state index contributed by atoms with van der Waals surface area (Å²) in [5.41, 5.74) is -0.0392. The second-order valence-corrected chi connectivity index (χ2v) is 5.24. The fourth-order valence-corrected chi connectivity index (χ4v) is 2.86. The monoisotopic (exact) mass is 196 g/mol. The molecule has 2 aliphatic rings. The molecule has 0 bridgehead atoms. The van der Waals surface area contributed by atoms with E-state index < -0.39 is 0 Å². The summed E-state index contributed by atoms with van der Waals surface area (Å²) >= 11 is 0. The van der Waals surface area contributed by atoms with E-state index in [0.717, 1.165) is 31.1 Å². The van der Waals surface area contributed by atoms with Crippen LogP contribution in [0.4, 0.5) is 0 Å². The van der Waals surface area contributed by atoms with E-state index in [4.69, 9.17) is 4.74 Å². The van der Waals surface area contributed by atoms with Gasteiger partial charge in [-0.2, -0.15) is 0 Å². The maximum absolute atomic E-state index is 11.1. The summed E-state index contributed by atoms with van der Waals surface area (Å²) in [4.78, 5) is 11.1. The van der Waals surface area contributed by atoms with Crippen molar-refractivity contribution in [2.24, 2.45) is 11.8 Å². The highest BCUT2D eigenvalue weighted by Crippen LogP contribution is 2.43. The summed E-state index contributed by atoms with van der Waals surface area (Å²) in [5, 5.41) is 0. The third-order valence-corrected chi connectivity index (χ3v) is 4.00. The van der Waals surface area contributed by atoms with Gasteiger partial charge < -0.3 is 4.74 Å². The summed E-state index contributed by atoms with van der Waals surface area (Å²) in [6.45, 7) is 4.59. The highest BCUT2D eigenvalue weighted by atomic mass is 16.6. The molecular formula is C12H20O2. The molecule has 2 fully saturated rings. The van der Waals surface area contributed by atoms with Gasteiger partial charge in [0, 0.05) is 6.42 Å². The number of rotatable bonds is 1. The molecule has 0 aromatic heterocycles. The van der Waals surface area contributed by atoms with Crippen molar-refractivity contribution >= 4 is 5.97 Å². The Balaban J connectivity index is 1.92. The molecule has 80 valence electrons. The lowest BCUT2D eigenvalue weighted by Crippen LogP contribution is -2.34. The van der Waals surface area contributed by atoms with Gasteiger partial charge in [0.1, 0.15) is 5.60 Å². The maximum atomic E-state index is 11.1. The van der Waals surface area contributed by atoms with Crippen LogP contribution < -0.4 is 0 Å². The summed E-state index contributed by atoms with van der Waals surface area (Å²) in [5.74, 6) is 1.65. The van der Waals surface area contributed by atoms with Crippen LogP contribution in [-0.2, 0) is 9.53 Å². The molecule has 2 heteroatoms. The molecule has 2 rings (SSSR count). The van der Waals surface area contributed by atoms with Crippen LogP contribution in [0.15, 0.2) is 0 Å². The molecule has 2 nitrogen and oxygen atoms in total. The van der Waals surface area contributed by atoms with E-state index in [0.29, 0.717) is 6.42 Å². The lowest BCUT2D eigenvalue weighted by atomic mass is 9.74. The maximum Gasteiger partial charge on any atom is 0.306 e. The molecule has 1 spiro atoms. The fourth-order valence-electron chi connectivity index (χ4n) is 2.86. The molecule has 1 aliphatic carbocycles. The molecule has 0 atom stereocenters.